The molecular formula is C16H26N2. The number of rotatable bonds is 5. The Morgan fingerprint density at radius 3 is 2.61 bits per heavy atom. The summed E-state index contributed by atoms with van der Waals surface area (Å²) in [5, 5.41) is 0. The van der Waals surface area contributed by atoms with Gasteiger partial charge >= 0.3 is 0 Å². The Morgan fingerprint density at radius 1 is 1.17 bits per heavy atom. The van der Waals surface area contributed by atoms with Gasteiger partial charge < -0.3 is 10.6 Å². The Morgan fingerprint density at radius 2 is 1.89 bits per heavy atom. The molecule has 1 atom stereocenters. The topological polar surface area (TPSA) is 29.3 Å². The molecule has 2 rings (SSSR count). The normalized spacial score (nSPS) is 17.8. The van der Waals surface area contributed by atoms with Gasteiger partial charge in [-0.25, -0.2) is 0 Å². The number of piperidine rings is 1. The molecule has 1 aromatic rings. The Kier molecular flexibility index (Phi) is 5.06. The van der Waals surface area contributed by atoms with Crippen LogP contribution in [0.5, 0.6) is 0 Å². The molecule has 0 aromatic heterocycles. The molecule has 2 N–H and O–H groups in total. The maximum Gasteiger partial charge on any atom is 0.0398 e. The van der Waals surface area contributed by atoms with Crippen LogP contribution >= 0.6 is 0 Å². The average molecular weight is 246 g/mol. The minimum Gasteiger partial charge on any atom is -0.371 e. The lowest BCUT2D eigenvalue weighted by Gasteiger charge is -2.31. The van der Waals surface area contributed by atoms with Gasteiger partial charge in [0, 0.05) is 18.8 Å². The monoisotopic (exact) mass is 246 g/mol. The molecule has 18 heavy (non-hydrogen) atoms. The second-order valence-electron chi connectivity index (χ2n) is 5.56. The van der Waals surface area contributed by atoms with Gasteiger partial charge in [0.05, 0.1) is 0 Å². The van der Waals surface area contributed by atoms with Crippen molar-refractivity contribution in [2.75, 3.05) is 24.5 Å². The lowest BCUT2D eigenvalue weighted by atomic mass is 9.96. The molecule has 1 fully saturated rings. The number of hydrogen-bond donors (Lipinski definition) is 1. The molecule has 1 aliphatic rings. The molecule has 1 aromatic carbocycles. The molecule has 1 heterocycles. The van der Waals surface area contributed by atoms with Gasteiger partial charge in [-0.2, -0.15) is 0 Å². The third-order valence-corrected chi connectivity index (χ3v) is 3.92. The van der Waals surface area contributed by atoms with Gasteiger partial charge in [-0.15, -0.1) is 0 Å². The highest BCUT2D eigenvalue weighted by Gasteiger charge is 2.15. The van der Waals surface area contributed by atoms with Gasteiger partial charge in [-0.3, -0.25) is 0 Å². The number of benzene rings is 1. The Labute approximate surface area is 111 Å². The summed E-state index contributed by atoms with van der Waals surface area (Å²) < 4.78 is 0. The number of para-hydroxylation sites is 1. The van der Waals surface area contributed by atoms with Crippen LogP contribution in [-0.2, 0) is 6.42 Å². The van der Waals surface area contributed by atoms with Crippen molar-refractivity contribution in [3.63, 3.8) is 0 Å². The summed E-state index contributed by atoms with van der Waals surface area (Å²) in [5.41, 5.74) is 8.61. The third-order valence-electron chi connectivity index (χ3n) is 3.92. The third kappa shape index (κ3) is 3.49. The smallest absolute Gasteiger partial charge is 0.0398 e. The van der Waals surface area contributed by atoms with Crippen molar-refractivity contribution < 1.29 is 0 Å². The van der Waals surface area contributed by atoms with Crippen LogP contribution in [0.15, 0.2) is 24.3 Å². The molecule has 100 valence electrons. The number of hydrogen-bond acceptors (Lipinski definition) is 2. The van der Waals surface area contributed by atoms with E-state index in [-0.39, 0.29) is 0 Å². The van der Waals surface area contributed by atoms with E-state index in [9.17, 15) is 0 Å². The lowest BCUT2D eigenvalue weighted by Crippen LogP contribution is -2.30. The fraction of sp³-hybridized carbons (Fsp3) is 0.625. The molecule has 2 nitrogen and oxygen atoms in total. The van der Waals surface area contributed by atoms with Crippen LogP contribution in [-0.4, -0.2) is 19.6 Å². The van der Waals surface area contributed by atoms with E-state index in [1.807, 2.05) is 0 Å². The van der Waals surface area contributed by atoms with Crippen LogP contribution in [0.1, 0.15) is 38.2 Å². The zero-order valence-corrected chi connectivity index (χ0v) is 11.6. The van der Waals surface area contributed by atoms with Crippen LogP contribution in [0.2, 0.25) is 0 Å². The van der Waals surface area contributed by atoms with Crippen molar-refractivity contribution in [2.24, 2.45) is 11.7 Å². The summed E-state index contributed by atoms with van der Waals surface area (Å²) in [6, 6.07) is 8.91. The summed E-state index contributed by atoms with van der Waals surface area (Å²) in [6.07, 6.45) is 6.35. The summed E-state index contributed by atoms with van der Waals surface area (Å²) in [7, 11) is 0. The van der Waals surface area contributed by atoms with Crippen molar-refractivity contribution in [2.45, 2.75) is 39.0 Å². The van der Waals surface area contributed by atoms with Crippen LogP contribution in [0.4, 0.5) is 5.69 Å². The predicted octanol–water partition coefficient (Wildman–Crippen LogP) is 3.20. The first kappa shape index (κ1) is 13.4. The first-order chi connectivity index (χ1) is 8.81. The van der Waals surface area contributed by atoms with E-state index in [1.165, 1.54) is 43.6 Å². The Bertz CT molecular complexity index is 356. The molecule has 0 amide bonds. The SMILES string of the molecule is CC(CCN)Cc1ccccc1N1CCCCC1. The second-order valence-corrected chi connectivity index (χ2v) is 5.56. The zero-order chi connectivity index (χ0) is 12.8. The second kappa shape index (κ2) is 6.79. The van der Waals surface area contributed by atoms with E-state index < -0.39 is 0 Å². The predicted molar refractivity (Wildman–Crippen MR) is 79.0 cm³/mol. The highest BCUT2D eigenvalue weighted by molar-refractivity contribution is 5.54. The van der Waals surface area contributed by atoms with Gasteiger partial charge in [-0.1, -0.05) is 25.1 Å². The van der Waals surface area contributed by atoms with Crippen molar-refractivity contribution in [3.05, 3.63) is 29.8 Å². The average Bonchev–Trinajstić information content (AvgIpc) is 2.40. The number of nitrogens with zero attached hydrogens (tertiary/aromatic N) is 1. The molecular weight excluding hydrogens is 220 g/mol. The zero-order valence-electron chi connectivity index (χ0n) is 11.6. The molecule has 0 spiro atoms. The molecule has 1 aliphatic heterocycles. The molecule has 0 aliphatic carbocycles. The summed E-state index contributed by atoms with van der Waals surface area (Å²) >= 11 is 0. The van der Waals surface area contributed by atoms with Crippen LogP contribution < -0.4 is 10.6 Å². The Balaban J connectivity index is 2.09. The first-order valence-corrected chi connectivity index (χ1v) is 7.34. The van der Waals surface area contributed by atoms with E-state index in [1.54, 1.807) is 0 Å². The maximum absolute atomic E-state index is 5.65. The number of anilines is 1. The van der Waals surface area contributed by atoms with Crippen molar-refractivity contribution in [1.82, 2.24) is 0 Å². The minimum atomic E-state index is 0.681. The van der Waals surface area contributed by atoms with Crippen LogP contribution in [0, 0.1) is 5.92 Å². The molecule has 1 saturated heterocycles. The fourth-order valence-corrected chi connectivity index (χ4v) is 2.89. The summed E-state index contributed by atoms with van der Waals surface area (Å²) in [4.78, 5) is 2.56. The standard InChI is InChI=1S/C16H26N2/c1-14(9-10-17)13-15-7-3-4-8-16(15)18-11-5-2-6-12-18/h3-4,7-8,14H,2,5-6,9-13,17H2,1H3. The summed E-state index contributed by atoms with van der Waals surface area (Å²) in [5.74, 6) is 0.681. The van der Waals surface area contributed by atoms with Gasteiger partial charge in [0.1, 0.15) is 0 Å². The molecule has 0 saturated carbocycles. The molecule has 0 radical (unpaired) electrons. The van der Waals surface area contributed by atoms with Crippen LogP contribution in [0.3, 0.4) is 0 Å². The van der Waals surface area contributed by atoms with E-state index in [0.29, 0.717) is 5.92 Å². The quantitative estimate of drug-likeness (QED) is 0.864. The van der Waals surface area contributed by atoms with Crippen molar-refractivity contribution in [3.8, 4) is 0 Å². The van der Waals surface area contributed by atoms with E-state index >= 15 is 0 Å². The van der Waals surface area contributed by atoms with E-state index in [4.69, 9.17) is 5.73 Å². The molecule has 0 bridgehead atoms. The first-order valence-electron chi connectivity index (χ1n) is 7.34. The number of nitrogens with two attached hydrogens (primary N) is 1. The fourth-order valence-electron chi connectivity index (χ4n) is 2.89. The molecule has 2 heteroatoms. The van der Waals surface area contributed by atoms with Gasteiger partial charge in [0.2, 0.25) is 0 Å². The van der Waals surface area contributed by atoms with Crippen LogP contribution in [0.25, 0.3) is 0 Å². The Hall–Kier alpha value is -1.02. The van der Waals surface area contributed by atoms with E-state index in [0.717, 1.165) is 19.4 Å². The highest BCUT2D eigenvalue weighted by atomic mass is 15.1. The van der Waals surface area contributed by atoms with E-state index in [2.05, 4.69) is 36.1 Å². The van der Waals surface area contributed by atoms with Crippen molar-refractivity contribution >= 4 is 5.69 Å². The lowest BCUT2D eigenvalue weighted by molar-refractivity contribution is 0.533. The minimum absolute atomic E-state index is 0.681. The van der Waals surface area contributed by atoms with Crippen molar-refractivity contribution in [1.29, 1.82) is 0 Å². The van der Waals surface area contributed by atoms with Gasteiger partial charge in [0.25, 0.3) is 0 Å². The summed E-state index contributed by atoms with van der Waals surface area (Å²) in [6.45, 7) is 5.55. The largest absolute Gasteiger partial charge is 0.371 e. The van der Waals surface area contributed by atoms with Gasteiger partial charge in [0.15, 0.2) is 0 Å². The van der Waals surface area contributed by atoms with Gasteiger partial charge in [-0.05, 0) is 56.2 Å². The molecule has 1 unspecified atom stereocenters. The highest BCUT2D eigenvalue weighted by Crippen LogP contribution is 2.26. The maximum atomic E-state index is 5.65.